The van der Waals surface area contributed by atoms with Crippen LogP contribution in [-0.2, 0) is 23.1 Å². The number of thiophene rings is 1. The highest BCUT2D eigenvalue weighted by Crippen LogP contribution is 2.23. The third-order valence-electron chi connectivity index (χ3n) is 2.83. The maximum Gasteiger partial charge on any atom is 0.243 e. The Hall–Kier alpha value is -0.920. The molecule has 0 radical (unpaired) electrons. The Kier molecular flexibility index (Phi) is 4.82. The standard InChI is InChI=1S/C13H15ClN2O2S2/c1-16(8-10-3-2-4-11(14)5-10)20(17,18)13-6-12(7-15)19-9-13/h2-6,9H,7-8,15H2,1H3. The van der Waals surface area contributed by atoms with Gasteiger partial charge < -0.3 is 5.73 Å². The van der Waals surface area contributed by atoms with Crippen LogP contribution < -0.4 is 5.73 Å². The molecule has 7 heteroatoms. The molecule has 0 aliphatic heterocycles. The van der Waals surface area contributed by atoms with Gasteiger partial charge in [-0.2, -0.15) is 4.31 Å². The van der Waals surface area contributed by atoms with Gasteiger partial charge in [-0.25, -0.2) is 8.42 Å². The molecule has 0 amide bonds. The molecule has 0 unspecified atom stereocenters. The fourth-order valence-corrected chi connectivity index (χ4v) is 4.28. The molecule has 4 nitrogen and oxygen atoms in total. The van der Waals surface area contributed by atoms with Crippen molar-refractivity contribution in [3.63, 3.8) is 0 Å². The number of rotatable bonds is 5. The van der Waals surface area contributed by atoms with Crippen molar-refractivity contribution >= 4 is 33.0 Å². The van der Waals surface area contributed by atoms with Crippen LogP contribution >= 0.6 is 22.9 Å². The van der Waals surface area contributed by atoms with Crippen molar-refractivity contribution in [1.82, 2.24) is 4.31 Å². The predicted molar refractivity (Wildman–Crippen MR) is 82.3 cm³/mol. The summed E-state index contributed by atoms with van der Waals surface area (Å²) in [5, 5.41) is 2.21. The van der Waals surface area contributed by atoms with Crippen LogP contribution in [0.5, 0.6) is 0 Å². The summed E-state index contributed by atoms with van der Waals surface area (Å²) in [6.07, 6.45) is 0. The molecule has 0 aliphatic rings. The molecule has 20 heavy (non-hydrogen) atoms. The van der Waals surface area contributed by atoms with Crippen molar-refractivity contribution in [1.29, 1.82) is 0 Å². The number of nitrogens with zero attached hydrogens (tertiary/aromatic N) is 1. The van der Waals surface area contributed by atoms with Gasteiger partial charge in [0.05, 0.1) is 4.90 Å². The van der Waals surface area contributed by atoms with E-state index in [4.69, 9.17) is 17.3 Å². The summed E-state index contributed by atoms with van der Waals surface area (Å²) in [5.74, 6) is 0. The second-order valence-corrected chi connectivity index (χ2v) is 7.82. The predicted octanol–water partition coefficient (Wildman–Crippen LogP) is 2.68. The van der Waals surface area contributed by atoms with E-state index >= 15 is 0 Å². The van der Waals surface area contributed by atoms with Gasteiger partial charge in [-0.3, -0.25) is 0 Å². The third-order valence-corrected chi connectivity index (χ3v) is 5.96. The molecule has 1 aromatic heterocycles. The maximum absolute atomic E-state index is 12.4. The number of nitrogens with two attached hydrogens (primary N) is 1. The van der Waals surface area contributed by atoms with Gasteiger partial charge in [0, 0.05) is 35.4 Å². The van der Waals surface area contributed by atoms with Crippen LogP contribution in [0.3, 0.4) is 0 Å². The van der Waals surface area contributed by atoms with E-state index in [2.05, 4.69) is 0 Å². The minimum atomic E-state index is -3.49. The molecule has 1 heterocycles. The zero-order valence-electron chi connectivity index (χ0n) is 10.9. The van der Waals surface area contributed by atoms with Gasteiger partial charge >= 0.3 is 0 Å². The van der Waals surface area contributed by atoms with Gasteiger partial charge in [0.25, 0.3) is 0 Å². The molecule has 0 spiro atoms. The quantitative estimate of drug-likeness (QED) is 0.916. The molecular weight excluding hydrogens is 316 g/mol. The lowest BCUT2D eigenvalue weighted by Crippen LogP contribution is -2.26. The summed E-state index contributed by atoms with van der Waals surface area (Å²) in [7, 11) is -1.94. The summed E-state index contributed by atoms with van der Waals surface area (Å²) in [6, 6.07) is 8.78. The topological polar surface area (TPSA) is 63.4 Å². The summed E-state index contributed by atoms with van der Waals surface area (Å²) in [4.78, 5) is 1.13. The summed E-state index contributed by atoms with van der Waals surface area (Å²) in [6.45, 7) is 0.620. The molecule has 0 saturated heterocycles. The zero-order valence-corrected chi connectivity index (χ0v) is 13.3. The van der Waals surface area contributed by atoms with E-state index < -0.39 is 10.0 Å². The van der Waals surface area contributed by atoms with Crippen LogP contribution in [0, 0.1) is 0 Å². The Labute approximate surface area is 127 Å². The van der Waals surface area contributed by atoms with Crippen molar-refractivity contribution < 1.29 is 8.42 Å². The van der Waals surface area contributed by atoms with Crippen molar-refractivity contribution in [2.45, 2.75) is 18.0 Å². The highest BCUT2D eigenvalue weighted by Gasteiger charge is 2.22. The lowest BCUT2D eigenvalue weighted by Gasteiger charge is -2.16. The number of sulfonamides is 1. The van der Waals surface area contributed by atoms with Gasteiger partial charge in [0.2, 0.25) is 10.0 Å². The molecule has 1 aromatic carbocycles. The minimum absolute atomic E-state index is 0.275. The number of halogens is 1. The molecule has 0 bridgehead atoms. The zero-order chi connectivity index (χ0) is 14.8. The smallest absolute Gasteiger partial charge is 0.243 e. The van der Waals surface area contributed by atoms with E-state index in [0.717, 1.165) is 10.4 Å². The van der Waals surface area contributed by atoms with Crippen LogP contribution in [0.15, 0.2) is 40.6 Å². The summed E-state index contributed by atoms with van der Waals surface area (Å²) in [5.41, 5.74) is 6.36. The van der Waals surface area contributed by atoms with Gasteiger partial charge in [-0.05, 0) is 23.8 Å². The van der Waals surface area contributed by atoms with Gasteiger partial charge in [-0.1, -0.05) is 23.7 Å². The van der Waals surface area contributed by atoms with Gasteiger partial charge in [0.15, 0.2) is 0 Å². The van der Waals surface area contributed by atoms with E-state index in [1.54, 1.807) is 36.7 Å². The SMILES string of the molecule is CN(Cc1cccc(Cl)c1)S(=O)(=O)c1csc(CN)c1. The van der Waals surface area contributed by atoms with E-state index in [-0.39, 0.29) is 11.4 Å². The Morgan fingerprint density at radius 1 is 1.35 bits per heavy atom. The lowest BCUT2D eigenvalue weighted by molar-refractivity contribution is 0.467. The first-order chi connectivity index (χ1) is 9.43. The summed E-state index contributed by atoms with van der Waals surface area (Å²) < 4.78 is 26.1. The number of benzene rings is 1. The Bertz CT molecular complexity index is 698. The first-order valence-electron chi connectivity index (χ1n) is 5.92. The second kappa shape index (κ2) is 6.24. The first kappa shape index (κ1) is 15.5. The van der Waals surface area contributed by atoms with Crippen LogP contribution in [0.4, 0.5) is 0 Å². The minimum Gasteiger partial charge on any atom is -0.326 e. The highest BCUT2D eigenvalue weighted by atomic mass is 35.5. The molecule has 0 atom stereocenters. The van der Waals surface area contributed by atoms with E-state index in [1.807, 2.05) is 6.07 Å². The molecule has 2 aromatic rings. The molecule has 2 N–H and O–H groups in total. The fraction of sp³-hybridized carbons (Fsp3) is 0.231. The van der Waals surface area contributed by atoms with Crippen LogP contribution in [0.1, 0.15) is 10.4 Å². The first-order valence-corrected chi connectivity index (χ1v) is 8.61. The van der Waals surface area contributed by atoms with Crippen molar-refractivity contribution in [2.75, 3.05) is 7.05 Å². The monoisotopic (exact) mass is 330 g/mol. The van der Waals surface area contributed by atoms with E-state index in [9.17, 15) is 8.42 Å². The number of hydrogen-bond acceptors (Lipinski definition) is 4. The molecular formula is C13H15ClN2O2S2. The lowest BCUT2D eigenvalue weighted by atomic mass is 10.2. The Morgan fingerprint density at radius 2 is 2.10 bits per heavy atom. The highest BCUT2D eigenvalue weighted by molar-refractivity contribution is 7.89. The Balaban J connectivity index is 2.21. The molecule has 0 saturated carbocycles. The van der Waals surface area contributed by atoms with Crippen molar-refractivity contribution in [3.05, 3.63) is 51.2 Å². The maximum atomic E-state index is 12.4. The van der Waals surface area contributed by atoms with Crippen LogP contribution in [-0.4, -0.2) is 19.8 Å². The Morgan fingerprint density at radius 3 is 2.70 bits per heavy atom. The van der Waals surface area contributed by atoms with Crippen molar-refractivity contribution in [2.24, 2.45) is 5.73 Å². The number of hydrogen-bond donors (Lipinski definition) is 1. The average molecular weight is 331 g/mol. The fourth-order valence-electron chi connectivity index (χ4n) is 1.76. The van der Waals surface area contributed by atoms with E-state index in [1.165, 1.54) is 15.6 Å². The largest absolute Gasteiger partial charge is 0.326 e. The van der Waals surface area contributed by atoms with Crippen molar-refractivity contribution in [3.8, 4) is 0 Å². The summed E-state index contributed by atoms with van der Waals surface area (Å²) >= 11 is 7.25. The molecule has 0 aliphatic carbocycles. The molecule has 2 rings (SSSR count). The second-order valence-electron chi connectivity index (χ2n) is 4.34. The molecule has 108 valence electrons. The van der Waals surface area contributed by atoms with Gasteiger partial charge in [0.1, 0.15) is 0 Å². The molecule has 0 fully saturated rings. The normalized spacial score (nSPS) is 12.0. The van der Waals surface area contributed by atoms with Crippen LogP contribution in [0.25, 0.3) is 0 Å². The van der Waals surface area contributed by atoms with E-state index in [0.29, 0.717) is 11.6 Å². The van der Waals surface area contributed by atoms with Crippen LogP contribution in [0.2, 0.25) is 5.02 Å². The average Bonchev–Trinajstić information content (AvgIpc) is 2.88. The third kappa shape index (κ3) is 3.39. The van der Waals surface area contributed by atoms with Gasteiger partial charge in [-0.15, -0.1) is 11.3 Å².